The molecule has 0 radical (unpaired) electrons. The van der Waals surface area contributed by atoms with Crippen molar-refractivity contribution in [2.75, 3.05) is 32.6 Å². The summed E-state index contributed by atoms with van der Waals surface area (Å²) in [6, 6.07) is 0. The topological polar surface area (TPSA) is 101 Å². The molecule has 1 fully saturated rings. The first kappa shape index (κ1) is 16.9. The van der Waals surface area contributed by atoms with Crippen molar-refractivity contribution in [3.8, 4) is 0 Å². The normalized spacial score (nSPS) is 16.2. The number of carboxylic acids is 1. The fourth-order valence-electron chi connectivity index (χ4n) is 2.29. The van der Waals surface area contributed by atoms with Gasteiger partial charge in [-0.05, 0) is 12.8 Å². The van der Waals surface area contributed by atoms with E-state index in [-0.39, 0.29) is 13.2 Å². The van der Waals surface area contributed by atoms with Gasteiger partial charge in [0.05, 0.1) is 11.9 Å². The zero-order chi connectivity index (χ0) is 15.2. The smallest absolute Gasteiger partial charge is 0.323 e. The summed E-state index contributed by atoms with van der Waals surface area (Å²) in [5.74, 6) is -2.46. The molecule has 1 aliphatic carbocycles. The Morgan fingerprint density at radius 3 is 2.40 bits per heavy atom. The van der Waals surface area contributed by atoms with Crippen molar-refractivity contribution in [1.82, 2.24) is 4.90 Å². The van der Waals surface area contributed by atoms with Crippen LogP contribution in [-0.4, -0.2) is 68.1 Å². The summed E-state index contributed by atoms with van der Waals surface area (Å²) in [5.41, 5.74) is 0. The second-order valence-electron chi connectivity index (χ2n) is 4.92. The lowest BCUT2D eigenvalue weighted by Gasteiger charge is -2.21. The van der Waals surface area contributed by atoms with Crippen LogP contribution in [0.25, 0.3) is 0 Å². The van der Waals surface area contributed by atoms with Crippen molar-refractivity contribution in [3.63, 3.8) is 0 Å². The number of ether oxygens (including phenoxy) is 1. The number of hydrogen-bond acceptors (Lipinski definition) is 5. The lowest BCUT2D eigenvalue weighted by atomic mass is 10.4. The first-order valence-corrected chi connectivity index (χ1v) is 8.28. The minimum absolute atomic E-state index is 0.0713. The van der Waals surface area contributed by atoms with Crippen LogP contribution in [0.2, 0.25) is 0 Å². The van der Waals surface area contributed by atoms with Crippen LogP contribution in [-0.2, 0) is 24.2 Å². The molecule has 1 saturated carbocycles. The molecule has 0 atom stereocenters. The molecule has 0 aromatic rings. The molecule has 0 spiro atoms. The molecule has 0 aromatic carbocycles. The van der Waals surface area contributed by atoms with Crippen LogP contribution in [0, 0.1) is 0 Å². The predicted molar refractivity (Wildman–Crippen MR) is 72.1 cm³/mol. The van der Waals surface area contributed by atoms with Gasteiger partial charge in [0.25, 0.3) is 0 Å². The minimum Gasteiger partial charge on any atom is -0.480 e. The standard InChI is InChI=1S/C12H21NO6S/c1-19-7-6-13(8-12(15)16)11(14)9-20(17,18)10-4-2-3-5-10/h10H,2-9H2,1H3,(H,15,16). The lowest BCUT2D eigenvalue weighted by Crippen LogP contribution is -2.42. The quantitative estimate of drug-likeness (QED) is 0.672. The van der Waals surface area contributed by atoms with Gasteiger partial charge in [0.2, 0.25) is 5.91 Å². The SMILES string of the molecule is COCCN(CC(=O)O)C(=O)CS(=O)(=O)C1CCCC1. The third-order valence-corrected chi connectivity index (χ3v) is 5.52. The summed E-state index contributed by atoms with van der Waals surface area (Å²) >= 11 is 0. The molecule has 0 aromatic heterocycles. The Balaban J connectivity index is 2.66. The number of carboxylic acid groups (broad SMARTS) is 1. The van der Waals surface area contributed by atoms with E-state index in [0.717, 1.165) is 17.7 Å². The Morgan fingerprint density at radius 2 is 1.90 bits per heavy atom. The van der Waals surface area contributed by atoms with E-state index in [9.17, 15) is 18.0 Å². The third-order valence-electron chi connectivity index (χ3n) is 3.38. The van der Waals surface area contributed by atoms with Crippen molar-refractivity contribution in [1.29, 1.82) is 0 Å². The third kappa shape index (κ3) is 5.09. The number of aliphatic carboxylic acids is 1. The highest BCUT2D eigenvalue weighted by Crippen LogP contribution is 2.25. The van der Waals surface area contributed by atoms with Gasteiger partial charge in [-0.15, -0.1) is 0 Å². The van der Waals surface area contributed by atoms with Crippen LogP contribution in [0.3, 0.4) is 0 Å². The molecule has 116 valence electrons. The largest absolute Gasteiger partial charge is 0.480 e. The monoisotopic (exact) mass is 307 g/mol. The number of nitrogens with zero attached hydrogens (tertiary/aromatic N) is 1. The van der Waals surface area contributed by atoms with Crippen molar-refractivity contribution in [3.05, 3.63) is 0 Å². The molecule has 8 heteroatoms. The molecule has 0 bridgehead atoms. The van der Waals surface area contributed by atoms with Crippen LogP contribution in [0.1, 0.15) is 25.7 Å². The predicted octanol–water partition coefficient (Wildman–Crippen LogP) is -0.0966. The van der Waals surface area contributed by atoms with Crippen molar-refractivity contribution < 1.29 is 27.9 Å². The molecule has 1 amide bonds. The van der Waals surface area contributed by atoms with E-state index >= 15 is 0 Å². The molecular formula is C12H21NO6S. The zero-order valence-corrected chi connectivity index (χ0v) is 12.4. The maximum atomic E-state index is 12.1. The van der Waals surface area contributed by atoms with Gasteiger partial charge in [-0.2, -0.15) is 0 Å². The molecule has 1 aliphatic rings. The molecule has 7 nitrogen and oxygen atoms in total. The highest BCUT2D eigenvalue weighted by Gasteiger charge is 2.32. The van der Waals surface area contributed by atoms with E-state index < -0.39 is 39.3 Å². The van der Waals surface area contributed by atoms with Crippen molar-refractivity contribution in [2.24, 2.45) is 0 Å². The Hall–Kier alpha value is -1.15. The number of hydrogen-bond donors (Lipinski definition) is 1. The highest BCUT2D eigenvalue weighted by molar-refractivity contribution is 7.92. The van der Waals surface area contributed by atoms with E-state index in [0.29, 0.717) is 12.8 Å². The molecule has 20 heavy (non-hydrogen) atoms. The molecule has 0 aliphatic heterocycles. The number of rotatable bonds is 8. The van der Waals surface area contributed by atoms with Gasteiger partial charge in [0.1, 0.15) is 12.3 Å². The first-order valence-electron chi connectivity index (χ1n) is 6.57. The Kier molecular flexibility index (Phi) is 6.41. The first-order chi connectivity index (χ1) is 9.36. The number of methoxy groups -OCH3 is 1. The minimum atomic E-state index is -3.49. The summed E-state index contributed by atoms with van der Waals surface area (Å²) in [7, 11) is -2.06. The number of carbonyl (C=O) groups excluding carboxylic acids is 1. The summed E-state index contributed by atoms with van der Waals surface area (Å²) in [5, 5.41) is 8.30. The molecule has 1 N–H and O–H groups in total. The summed E-state index contributed by atoms with van der Waals surface area (Å²) < 4.78 is 29.0. The Morgan fingerprint density at radius 1 is 1.30 bits per heavy atom. The van der Waals surface area contributed by atoms with Crippen LogP contribution in [0.4, 0.5) is 0 Å². The van der Waals surface area contributed by atoms with Crippen molar-refractivity contribution in [2.45, 2.75) is 30.9 Å². The average molecular weight is 307 g/mol. The van der Waals surface area contributed by atoms with Gasteiger partial charge in [-0.25, -0.2) is 8.42 Å². The van der Waals surface area contributed by atoms with Crippen LogP contribution in [0.15, 0.2) is 0 Å². The molecular weight excluding hydrogens is 286 g/mol. The van der Waals surface area contributed by atoms with Gasteiger partial charge in [-0.3, -0.25) is 9.59 Å². The summed E-state index contributed by atoms with van der Waals surface area (Å²) in [6.07, 6.45) is 2.90. The fraction of sp³-hybridized carbons (Fsp3) is 0.833. The molecule has 1 rings (SSSR count). The van der Waals surface area contributed by atoms with E-state index in [2.05, 4.69) is 0 Å². The van der Waals surface area contributed by atoms with Gasteiger partial charge in [0, 0.05) is 13.7 Å². The van der Waals surface area contributed by atoms with Crippen LogP contribution < -0.4 is 0 Å². The molecule has 0 heterocycles. The maximum Gasteiger partial charge on any atom is 0.323 e. The van der Waals surface area contributed by atoms with Gasteiger partial charge < -0.3 is 14.7 Å². The molecule has 0 unspecified atom stereocenters. The molecule has 0 saturated heterocycles. The lowest BCUT2D eigenvalue weighted by molar-refractivity contribution is -0.143. The Labute approximate surface area is 118 Å². The van der Waals surface area contributed by atoms with E-state index in [1.54, 1.807) is 0 Å². The fourth-order valence-corrected chi connectivity index (χ4v) is 4.10. The second-order valence-corrected chi connectivity index (χ2v) is 7.20. The van der Waals surface area contributed by atoms with E-state index in [4.69, 9.17) is 9.84 Å². The number of sulfone groups is 1. The average Bonchev–Trinajstić information content (AvgIpc) is 2.87. The summed E-state index contributed by atoms with van der Waals surface area (Å²) in [4.78, 5) is 23.7. The Bertz CT molecular complexity index is 441. The number of amides is 1. The van der Waals surface area contributed by atoms with Crippen LogP contribution in [0.5, 0.6) is 0 Å². The highest BCUT2D eigenvalue weighted by atomic mass is 32.2. The second kappa shape index (κ2) is 7.58. The van der Waals surface area contributed by atoms with E-state index in [1.165, 1.54) is 7.11 Å². The van der Waals surface area contributed by atoms with Gasteiger partial charge in [-0.1, -0.05) is 12.8 Å². The van der Waals surface area contributed by atoms with Crippen LogP contribution >= 0.6 is 0 Å². The van der Waals surface area contributed by atoms with Gasteiger partial charge in [0.15, 0.2) is 9.84 Å². The maximum absolute atomic E-state index is 12.1. The van der Waals surface area contributed by atoms with Crippen molar-refractivity contribution >= 4 is 21.7 Å². The van der Waals surface area contributed by atoms with E-state index in [1.807, 2.05) is 0 Å². The van der Waals surface area contributed by atoms with Gasteiger partial charge >= 0.3 is 5.97 Å². The number of carbonyl (C=O) groups is 2. The zero-order valence-electron chi connectivity index (χ0n) is 11.6. The summed E-state index contributed by atoms with van der Waals surface area (Å²) in [6.45, 7) is -0.271.